The molecule has 1 heterocycles. The number of nitrogens with zero attached hydrogens (tertiary/aromatic N) is 2. The first-order valence-electron chi connectivity index (χ1n) is 4.63. The summed E-state index contributed by atoms with van der Waals surface area (Å²) in [6, 6.07) is 4.36. The molecule has 17 heavy (non-hydrogen) atoms. The molecule has 0 saturated heterocycles. The lowest BCUT2D eigenvalue weighted by Gasteiger charge is -2.03. The summed E-state index contributed by atoms with van der Waals surface area (Å²) in [7, 11) is 0. The molecular weight excluding hydrogens is 230 g/mol. The first-order valence-corrected chi connectivity index (χ1v) is 4.63. The van der Waals surface area contributed by atoms with Crippen LogP contribution in [-0.4, -0.2) is 9.91 Å². The van der Waals surface area contributed by atoms with Gasteiger partial charge in [-0.2, -0.15) is 4.39 Å². The zero-order valence-electron chi connectivity index (χ0n) is 8.43. The molecule has 4 nitrogen and oxygen atoms in total. The van der Waals surface area contributed by atoms with Crippen LogP contribution in [0, 0.1) is 21.7 Å². The molecule has 0 bridgehead atoms. The molecule has 1 aromatic heterocycles. The van der Waals surface area contributed by atoms with Gasteiger partial charge in [0.05, 0.1) is 4.92 Å². The van der Waals surface area contributed by atoms with Crippen LogP contribution in [0.4, 0.5) is 14.5 Å². The first-order chi connectivity index (χ1) is 8.09. The largest absolute Gasteiger partial charge is 0.305 e. The molecule has 2 rings (SSSR count). The number of pyridine rings is 1. The summed E-state index contributed by atoms with van der Waals surface area (Å²) < 4.78 is 26.6. The van der Waals surface area contributed by atoms with Gasteiger partial charge in [-0.05, 0) is 17.7 Å². The van der Waals surface area contributed by atoms with Gasteiger partial charge in [-0.25, -0.2) is 4.39 Å². The van der Waals surface area contributed by atoms with Crippen LogP contribution in [0.15, 0.2) is 36.7 Å². The van der Waals surface area contributed by atoms with Crippen molar-refractivity contribution in [3.05, 3.63) is 58.4 Å². The fourth-order valence-electron chi connectivity index (χ4n) is 1.43. The smallest absolute Gasteiger partial charge is 0.265 e. The van der Waals surface area contributed by atoms with E-state index in [1.165, 1.54) is 24.5 Å². The van der Waals surface area contributed by atoms with Gasteiger partial charge in [-0.1, -0.05) is 0 Å². The van der Waals surface area contributed by atoms with Gasteiger partial charge >= 0.3 is 5.69 Å². The lowest BCUT2D eigenvalue weighted by Crippen LogP contribution is -1.95. The second kappa shape index (κ2) is 4.25. The maximum Gasteiger partial charge on any atom is 0.305 e. The van der Waals surface area contributed by atoms with Gasteiger partial charge in [0, 0.05) is 30.1 Å². The highest BCUT2D eigenvalue weighted by Gasteiger charge is 2.19. The van der Waals surface area contributed by atoms with Crippen molar-refractivity contribution in [2.24, 2.45) is 0 Å². The number of hydrogen-bond acceptors (Lipinski definition) is 3. The molecule has 0 aliphatic rings. The topological polar surface area (TPSA) is 56.0 Å². The predicted molar refractivity (Wildman–Crippen MR) is 56.2 cm³/mol. The lowest BCUT2D eigenvalue weighted by atomic mass is 10.1. The van der Waals surface area contributed by atoms with E-state index in [1.54, 1.807) is 0 Å². The summed E-state index contributed by atoms with van der Waals surface area (Å²) in [5.41, 5.74) is -0.376. The summed E-state index contributed by atoms with van der Waals surface area (Å²) in [5, 5.41) is 10.5. The van der Waals surface area contributed by atoms with Crippen molar-refractivity contribution in [2.45, 2.75) is 0 Å². The minimum Gasteiger partial charge on any atom is -0.265 e. The summed E-state index contributed by atoms with van der Waals surface area (Å²) in [4.78, 5) is 13.4. The quantitative estimate of drug-likeness (QED) is 0.595. The van der Waals surface area contributed by atoms with Crippen molar-refractivity contribution in [2.75, 3.05) is 0 Å². The van der Waals surface area contributed by atoms with Gasteiger partial charge in [0.15, 0.2) is 0 Å². The minimum atomic E-state index is -1.19. The molecular formula is C11H6F2N2O2. The van der Waals surface area contributed by atoms with Crippen LogP contribution in [0.3, 0.4) is 0 Å². The van der Waals surface area contributed by atoms with Crippen LogP contribution < -0.4 is 0 Å². The second-order valence-electron chi connectivity index (χ2n) is 3.28. The van der Waals surface area contributed by atoms with Gasteiger partial charge in [0.1, 0.15) is 5.82 Å². The lowest BCUT2D eigenvalue weighted by molar-refractivity contribution is -0.387. The Labute approximate surface area is 94.7 Å². The number of halogens is 2. The van der Waals surface area contributed by atoms with Crippen LogP contribution in [-0.2, 0) is 0 Å². The standard InChI is InChI=1S/C11H6F2N2O2/c12-9-6-10(13)11(15(16)17)5-8(9)7-1-3-14-4-2-7/h1-6H. The molecule has 0 atom stereocenters. The Morgan fingerprint density at radius 1 is 1.12 bits per heavy atom. The summed E-state index contributed by atoms with van der Waals surface area (Å²) in [6.45, 7) is 0. The molecule has 6 heteroatoms. The van der Waals surface area contributed by atoms with Crippen molar-refractivity contribution in [3.63, 3.8) is 0 Å². The van der Waals surface area contributed by atoms with Gasteiger partial charge in [-0.3, -0.25) is 15.1 Å². The summed E-state index contributed by atoms with van der Waals surface area (Å²) in [6.07, 6.45) is 2.84. The summed E-state index contributed by atoms with van der Waals surface area (Å²) >= 11 is 0. The van der Waals surface area contributed by atoms with Crippen LogP contribution in [0.5, 0.6) is 0 Å². The van der Waals surface area contributed by atoms with E-state index < -0.39 is 22.2 Å². The highest BCUT2D eigenvalue weighted by atomic mass is 19.1. The zero-order chi connectivity index (χ0) is 12.4. The van der Waals surface area contributed by atoms with E-state index in [1.807, 2.05) is 0 Å². The van der Waals surface area contributed by atoms with E-state index in [0.29, 0.717) is 11.6 Å². The molecule has 86 valence electrons. The third-order valence-corrected chi connectivity index (χ3v) is 2.22. The molecule has 0 unspecified atom stereocenters. The van der Waals surface area contributed by atoms with Crippen molar-refractivity contribution in [1.29, 1.82) is 0 Å². The fraction of sp³-hybridized carbons (Fsp3) is 0. The Morgan fingerprint density at radius 3 is 2.35 bits per heavy atom. The summed E-state index contributed by atoms with van der Waals surface area (Å²) in [5.74, 6) is -2.04. The van der Waals surface area contributed by atoms with E-state index in [0.717, 1.165) is 6.07 Å². The maximum atomic E-state index is 13.5. The Morgan fingerprint density at radius 2 is 1.76 bits per heavy atom. The second-order valence-corrected chi connectivity index (χ2v) is 3.28. The average molecular weight is 236 g/mol. The molecule has 0 aliphatic carbocycles. The number of rotatable bonds is 2. The van der Waals surface area contributed by atoms with E-state index in [9.17, 15) is 18.9 Å². The molecule has 0 spiro atoms. The number of nitro groups is 1. The zero-order valence-corrected chi connectivity index (χ0v) is 8.43. The van der Waals surface area contributed by atoms with E-state index in [4.69, 9.17) is 0 Å². The van der Waals surface area contributed by atoms with Crippen molar-refractivity contribution in [1.82, 2.24) is 4.98 Å². The van der Waals surface area contributed by atoms with Crippen molar-refractivity contribution in [3.8, 4) is 11.1 Å². The third kappa shape index (κ3) is 2.10. The van der Waals surface area contributed by atoms with Crippen LogP contribution in [0.25, 0.3) is 11.1 Å². The third-order valence-electron chi connectivity index (χ3n) is 2.22. The Hall–Kier alpha value is -2.37. The molecule has 0 fully saturated rings. The van der Waals surface area contributed by atoms with Crippen molar-refractivity contribution >= 4 is 5.69 Å². The normalized spacial score (nSPS) is 10.2. The molecule has 2 aromatic rings. The van der Waals surface area contributed by atoms with Crippen LogP contribution in [0.2, 0.25) is 0 Å². The molecule has 0 saturated carbocycles. The van der Waals surface area contributed by atoms with E-state index in [-0.39, 0.29) is 5.56 Å². The van der Waals surface area contributed by atoms with E-state index >= 15 is 0 Å². The highest BCUT2D eigenvalue weighted by Crippen LogP contribution is 2.28. The molecule has 0 aliphatic heterocycles. The van der Waals surface area contributed by atoms with Gasteiger partial charge in [-0.15, -0.1) is 0 Å². The van der Waals surface area contributed by atoms with Gasteiger partial charge in [0.2, 0.25) is 5.82 Å². The van der Waals surface area contributed by atoms with Gasteiger partial charge < -0.3 is 0 Å². The maximum absolute atomic E-state index is 13.5. The Kier molecular flexibility index (Phi) is 2.78. The van der Waals surface area contributed by atoms with Crippen LogP contribution in [0.1, 0.15) is 0 Å². The molecule has 0 amide bonds. The molecule has 0 radical (unpaired) electrons. The van der Waals surface area contributed by atoms with E-state index in [2.05, 4.69) is 4.98 Å². The molecule has 0 N–H and O–H groups in total. The molecule has 1 aromatic carbocycles. The minimum absolute atomic E-state index is 0.0273. The van der Waals surface area contributed by atoms with Crippen molar-refractivity contribution < 1.29 is 13.7 Å². The highest BCUT2D eigenvalue weighted by molar-refractivity contribution is 5.66. The van der Waals surface area contributed by atoms with Crippen LogP contribution >= 0.6 is 0 Å². The Balaban J connectivity index is 2.63. The monoisotopic (exact) mass is 236 g/mol. The number of aromatic nitrogens is 1. The number of hydrogen-bond donors (Lipinski definition) is 0. The van der Waals surface area contributed by atoms with Gasteiger partial charge in [0.25, 0.3) is 0 Å². The Bertz CT molecular complexity index is 573. The number of nitro benzene ring substituents is 1. The first kappa shape index (κ1) is 11.1. The SMILES string of the molecule is O=[N+]([O-])c1cc(-c2ccncc2)c(F)cc1F. The average Bonchev–Trinajstić information content (AvgIpc) is 2.29. The fourth-order valence-corrected chi connectivity index (χ4v) is 1.43. The number of benzene rings is 1. The predicted octanol–water partition coefficient (Wildman–Crippen LogP) is 2.94.